The lowest BCUT2D eigenvalue weighted by Gasteiger charge is -2.12. The number of hydrogen-bond donors (Lipinski definition) is 2. The Morgan fingerprint density at radius 1 is 1.15 bits per heavy atom. The Balaban J connectivity index is 1.97. The highest BCUT2D eigenvalue weighted by Crippen LogP contribution is 2.19. The monoisotopic (exact) mass is 271 g/mol. The predicted molar refractivity (Wildman–Crippen MR) is 74.8 cm³/mol. The van der Waals surface area contributed by atoms with Crippen molar-refractivity contribution in [1.29, 1.82) is 0 Å². The van der Waals surface area contributed by atoms with Gasteiger partial charge in [0.25, 0.3) is 0 Å². The van der Waals surface area contributed by atoms with Crippen molar-refractivity contribution in [3.05, 3.63) is 42.5 Å². The normalized spacial score (nSPS) is 12.1. The molecule has 0 saturated carbocycles. The number of fused-ring (bicyclic) bond motifs is 1. The van der Waals surface area contributed by atoms with Gasteiger partial charge >= 0.3 is 0 Å². The van der Waals surface area contributed by atoms with Crippen molar-refractivity contribution in [2.24, 2.45) is 5.73 Å². The fourth-order valence-corrected chi connectivity index (χ4v) is 1.90. The summed E-state index contributed by atoms with van der Waals surface area (Å²) in [5.41, 5.74) is 5.97. The summed E-state index contributed by atoms with van der Waals surface area (Å²) in [6, 6.07) is 12.3. The molecule has 0 heterocycles. The molecule has 2 aromatic rings. The van der Waals surface area contributed by atoms with Gasteiger partial charge in [-0.3, -0.25) is 4.79 Å². The summed E-state index contributed by atoms with van der Waals surface area (Å²) < 4.78 is 0. The van der Waals surface area contributed by atoms with Gasteiger partial charge in [-0.25, -0.2) is 0 Å². The van der Waals surface area contributed by atoms with Gasteiger partial charge in [0, 0.05) is 18.2 Å². The highest BCUT2D eigenvalue weighted by atomic mass is 16.4. The third-order valence-electron chi connectivity index (χ3n) is 3.02. The van der Waals surface area contributed by atoms with Crippen LogP contribution >= 0.6 is 0 Å². The maximum absolute atomic E-state index is 11.7. The topological polar surface area (TPSA) is 95.2 Å². The van der Waals surface area contributed by atoms with E-state index in [0.29, 0.717) is 5.69 Å². The molecule has 104 valence electrons. The smallest absolute Gasteiger partial charge is 0.224 e. The SMILES string of the molecule is N[C@@H](CCC(=O)Nc1ccc2ccccc2c1)C(=O)[O-]. The van der Waals surface area contributed by atoms with Crippen LogP contribution in [0.4, 0.5) is 5.69 Å². The summed E-state index contributed by atoms with van der Waals surface area (Å²) in [6.07, 6.45) is 0.101. The minimum atomic E-state index is -1.34. The standard InChI is InChI=1S/C15H16N2O3/c16-13(15(19)20)7-8-14(18)17-12-6-5-10-3-1-2-4-11(10)9-12/h1-6,9,13H,7-8,16H2,(H,17,18)(H,19,20)/p-1/t13-/m0/s1. The summed E-state index contributed by atoms with van der Waals surface area (Å²) in [7, 11) is 0. The summed E-state index contributed by atoms with van der Waals surface area (Å²) in [4.78, 5) is 22.1. The maximum Gasteiger partial charge on any atom is 0.224 e. The number of carbonyl (C=O) groups excluding carboxylic acids is 2. The molecule has 0 fully saturated rings. The molecule has 0 saturated heterocycles. The van der Waals surface area contributed by atoms with Crippen LogP contribution in [-0.2, 0) is 9.59 Å². The number of carboxylic acids is 1. The molecule has 1 atom stereocenters. The molecular weight excluding hydrogens is 256 g/mol. The van der Waals surface area contributed by atoms with E-state index in [4.69, 9.17) is 5.73 Å². The molecule has 5 nitrogen and oxygen atoms in total. The van der Waals surface area contributed by atoms with Crippen LogP contribution in [0.15, 0.2) is 42.5 Å². The fourth-order valence-electron chi connectivity index (χ4n) is 1.90. The number of carboxylic acid groups (broad SMARTS) is 1. The molecule has 3 N–H and O–H groups in total. The van der Waals surface area contributed by atoms with Gasteiger partial charge in [0.2, 0.25) is 5.91 Å². The number of carbonyl (C=O) groups is 2. The molecule has 0 aliphatic heterocycles. The molecule has 0 aromatic heterocycles. The average Bonchev–Trinajstić information content (AvgIpc) is 2.44. The van der Waals surface area contributed by atoms with E-state index in [1.165, 1.54) is 0 Å². The van der Waals surface area contributed by atoms with Gasteiger partial charge < -0.3 is 21.0 Å². The molecular formula is C15H15N2O3-. The van der Waals surface area contributed by atoms with Crippen LogP contribution < -0.4 is 16.2 Å². The van der Waals surface area contributed by atoms with Gasteiger partial charge in [-0.15, -0.1) is 0 Å². The molecule has 1 amide bonds. The van der Waals surface area contributed by atoms with Crippen LogP contribution in [0.5, 0.6) is 0 Å². The Labute approximate surface area is 116 Å². The van der Waals surface area contributed by atoms with Crippen molar-refractivity contribution < 1.29 is 14.7 Å². The molecule has 0 aliphatic carbocycles. The van der Waals surface area contributed by atoms with Crippen molar-refractivity contribution in [2.45, 2.75) is 18.9 Å². The van der Waals surface area contributed by atoms with E-state index in [1.54, 1.807) is 6.07 Å². The van der Waals surface area contributed by atoms with Crippen molar-refractivity contribution >= 4 is 28.3 Å². The lowest BCUT2D eigenvalue weighted by atomic mass is 10.1. The van der Waals surface area contributed by atoms with E-state index in [1.807, 2.05) is 36.4 Å². The number of nitrogens with two attached hydrogens (primary N) is 1. The molecule has 0 radical (unpaired) electrons. The number of nitrogens with one attached hydrogen (secondary N) is 1. The third kappa shape index (κ3) is 3.55. The Bertz CT molecular complexity index is 640. The van der Waals surface area contributed by atoms with Gasteiger partial charge in [0.05, 0.1) is 5.97 Å². The average molecular weight is 271 g/mol. The quantitative estimate of drug-likeness (QED) is 0.834. The van der Waals surface area contributed by atoms with Gasteiger partial charge in [0.15, 0.2) is 0 Å². The van der Waals surface area contributed by atoms with Crippen molar-refractivity contribution in [1.82, 2.24) is 0 Å². The van der Waals surface area contributed by atoms with Crippen LogP contribution in [-0.4, -0.2) is 17.9 Å². The minimum Gasteiger partial charge on any atom is -0.548 e. The number of rotatable bonds is 5. The first-order valence-corrected chi connectivity index (χ1v) is 6.31. The Morgan fingerprint density at radius 2 is 1.85 bits per heavy atom. The first-order chi connectivity index (χ1) is 9.56. The summed E-state index contributed by atoms with van der Waals surface area (Å²) in [6.45, 7) is 0. The first-order valence-electron chi connectivity index (χ1n) is 6.31. The molecule has 5 heteroatoms. The molecule has 20 heavy (non-hydrogen) atoms. The molecule has 2 aromatic carbocycles. The lowest BCUT2D eigenvalue weighted by Crippen LogP contribution is -2.42. The number of benzene rings is 2. The van der Waals surface area contributed by atoms with Gasteiger partial charge in [-0.2, -0.15) is 0 Å². The third-order valence-corrected chi connectivity index (χ3v) is 3.02. The zero-order chi connectivity index (χ0) is 14.5. The van der Waals surface area contributed by atoms with Gasteiger partial charge in [-0.1, -0.05) is 30.3 Å². The second-order valence-corrected chi connectivity index (χ2v) is 4.57. The molecule has 0 spiro atoms. The van der Waals surface area contributed by atoms with Crippen molar-refractivity contribution in [3.63, 3.8) is 0 Å². The van der Waals surface area contributed by atoms with E-state index >= 15 is 0 Å². The molecule has 0 bridgehead atoms. The summed E-state index contributed by atoms with van der Waals surface area (Å²) in [5.74, 6) is -1.61. The maximum atomic E-state index is 11.7. The molecule has 0 unspecified atom stereocenters. The van der Waals surface area contributed by atoms with E-state index in [9.17, 15) is 14.7 Å². The Kier molecular flexibility index (Phi) is 4.32. The van der Waals surface area contributed by atoms with Crippen LogP contribution in [0.2, 0.25) is 0 Å². The minimum absolute atomic E-state index is 0.0436. The van der Waals surface area contributed by atoms with Crippen LogP contribution in [0.25, 0.3) is 10.8 Å². The molecule has 2 rings (SSSR count). The second-order valence-electron chi connectivity index (χ2n) is 4.57. The molecule has 0 aliphatic rings. The number of amides is 1. The predicted octanol–water partition coefficient (Wildman–Crippen LogP) is 0.636. The van der Waals surface area contributed by atoms with Crippen LogP contribution in [0.1, 0.15) is 12.8 Å². The number of aliphatic carboxylic acids is 1. The summed E-state index contributed by atoms with van der Waals surface area (Å²) in [5, 5.41) is 15.3. The zero-order valence-corrected chi connectivity index (χ0v) is 10.8. The number of anilines is 1. The summed E-state index contributed by atoms with van der Waals surface area (Å²) >= 11 is 0. The highest BCUT2D eigenvalue weighted by Gasteiger charge is 2.08. The largest absolute Gasteiger partial charge is 0.548 e. The van der Waals surface area contributed by atoms with E-state index < -0.39 is 12.0 Å². The van der Waals surface area contributed by atoms with Gasteiger partial charge in [-0.05, 0) is 29.3 Å². The van der Waals surface area contributed by atoms with Crippen LogP contribution in [0.3, 0.4) is 0 Å². The highest BCUT2D eigenvalue weighted by molar-refractivity contribution is 5.94. The second kappa shape index (κ2) is 6.16. The van der Waals surface area contributed by atoms with Gasteiger partial charge in [0.1, 0.15) is 0 Å². The van der Waals surface area contributed by atoms with Crippen LogP contribution in [0, 0.1) is 0 Å². The van der Waals surface area contributed by atoms with Crippen molar-refractivity contribution in [3.8, 4) is 0 Å². The van der Waals surface area contributed by atoms with E-state index in [0.717, 1.165) is 10.8 Å². The fraction of sp³-hybridized carbons (Fsp3) is 0.200. The Hall–Kier alpha value is -2.40. The lowest BCUT2D eigenvalue weighted by molar-refractivity contribution is -0.307. The van der Waals surface area contributed by atoms with Crippen molar-refractivity contribution in [2.75, 3.05) is 5.32 Å². The van der Waals surface area contributed by atoms with E-state index in [-0.39, 0.29) is 18.7 Å². The number of hydrogen-bond acceptors (Lipinski definition) is 4. The first kappa shape index (κ1) is 14.0. The zero-order valence-electron chi connectivity index (χ0n) is 10.8. The van der Waals surface area contributed by atoms with E-state index in [2.05, 4.69) is 5.32 Å². The Morgan fingerprint density at radius 3 is 2.55 bits per heavy atom.